The van der Waals surface area contributed by atoms with Gasteiger partial charge in [-0.1, -0.05) is 22.0 Å². The van der Waals surface area contributed by atoms with Crippen molar-refractivity contribution in [2.45, 2.75) is 27.3 Å². The van der Waals surface area contributed by atoms with E-state index >= 15 is 0 Å². The first-order valence-electron chi connectivity index (χ1n) is 7.04. The summed E-state index contributed by atoms with van der Waals surface area (Å²) in [6.45, 7) is 6.42. The molecule has 1 heterocycles. The molecule has 0 spiro atoms. The summed E-state index contributed by atoms with van der Waals surface area (Å²) < 4.78 is 6.73. The van der Waals surface area contributed by atoms with Crippen LogP contribution in [0.5, 0.6) is 5.75 Å². The molecular formula is C17H19BrN2O2. The maximum atomic E-state index is 11.9. The van der Waals surface area contributed by atoms with Gasteiger partial charge in [0, 0.05) is 10.7 Å². The summed E-state index contributed by atoms with van der Waals surface area (Å²) in [4.78, 5) is 16.0. The van der Waals surface area contributed by atoms with Crippen molar-refractivity contribution in [2.75, 3.05) is 6.61 Å². The molecule has 0 fully saturated rings. The second kappa shape index (κ2) is 7.40. The van der Waals surface area contributed by atoms with Crippen LogP contribution in [0, 0.1) is 20.8 Å². The molecule has 0 saturated carbocycles. The normalized spacial score (nSPS) is 10.4. The summed E-state index contributed by atoms with van der Waals surface area (Å²) >= 11 is 3.55. The average molecular weight is 363 g/mol. The Morgan fingerprint density at radius 1 is 1.27 bits per heavy atom. The van der Waals surface area contributed by atoms with E-state index in [-0.39, 0.29) is 12.5 Å². The molecule has 1 aromatic heterocycles. The molecule has 2 rings (SSSR count). The first-order chi connectivity index (χ1) is 10.5. The topological polar surface area (TPSA) is 51.2 Å². The highest BCUT2D eigenvalue weighted by Gasteiger charge is 2.11. The van der Waals surface area contributed by atoms with Gasteiger partial charge in [-0.15, -0.1) is 0 Å². The fourth-order valence-electron chi connectivity index (χ4n) is 2.05. The number of aryl methyl sites for hydroxylation is 1. The molecule has 0 aliphatic carbocycles. The molecular weight excluding hydrogens is 344 g/mol. The number of rotatable bonds is 5. The number of halogens is 1. The van der Waals surface area contributed by atoms with Gasteiger partial charge in [-0.3, -0.25) is 9.78 Å². The zero-order chi connectivity index (χ0) is 16.1. The maximum Gasteiger partial charge on any atom is 0.258 e. The highest BCUT2D eigenvalue weighted by atomic mass is 79.9. The molecule has 1 aromatic carbocycles. The largest absolute Gasteiger partial charge is 0.483 e. The van der Waals surface area contributed by atoms with Crippen LogP contribution in [0.3, 0.4) is 0 Å². The Hall–Kier alpha value is -1.88. The van der Waals surface area contributed by atoms with Gasteiger partial charge < -0.3 is 10.1 Å². The lowest BCUT2D eigenvalue weighted by Gasteiger charge is -2.14. The maximum absolute atomic E-state index is 11.9. The highest BCUT2D eigenvalue weighted by molar-refractivity contribution is 9.10. The van der Waals surface area contributed by atoms with Crippen molar-refractivity contribution < 1.29 is 9.53 Å². The SMILES string of the molecule is Cc1cc(OCC(=O)NCc2ccccn2)c(C)c(C)c1Br. The summed E-state index contributed by atoms with van der Waals surface area (Å²) in [5.41, 5.74) is 4.08. The molecule has 0 unspecified atom stereocenters. The van der Waals surface area contributed by atoms with E-state index in [1.165, 1.54) is 0 Å². The number of carbonyl (C=O) groups is 1. The number of benzene rings is 1. The molecule has 2 aromatic rings. The van der Waals surface area contributed by atoms with Crippen LogP contribution in [-0.4, -0.2) is 17.5 Å². The Morgan fingerprint density at radius 2 is 2.05 bits per heavy atom. The van der Waals surface area contributed by atoms with E-state index in [2.05, 4.69) is 26.2 Å². The Morgan fingerprint density at radius 3 is 2.73 bits per heavy atom. The van der Waals surface area contributed by atoms with Gasteiger partial charge in [0.15, 0.2) is 6.61 Å². The van der Waals surface area contributed by atoms with Gasteiger partial charge in [-0.2, -0.15) is 0 Å². The van der Waals surface area contributed by atoms with Gasteiger partial charge in [-0.25, -0.2) is 0 Å². The molecule has 116 valence electrons. The third kappa shape index (κ3) is 4.07. The molecule has 1 amide bonds. The Labute approximate surface area is 139 Å². The first-order valence-corrected chi connectivity index (χ1v) is 7.84. The molecule has 0 atom stereocenters. The number of nitrogens with one attached hydrogen (secondary N) is 1. The fraction of sp³-hybridized carbons (Fsp3) is 0.294. The van der Waals surface area contributed by atoms with E-state index in [0.29, 0.717) is 6.54 Å². The zero-order valence-electron chi connectivity index (χ0n) is 12.9. The summed E-state index contributed by atoms with van der Waals surface area (Å²) in [6, 6.07) is 7.54. The first kappa shape index (κ1) is 16.5. The van der Waals surface area contributed by atoms with Crippen LogP contribution in [-0.2, 0) is 11.3 Å². The van der Waals surface area contributed by atoms with Crippen molar-refractivity contribution in [3.63, 3.8) is 0 Å². The monoisotopic (exact) mass is 362 g/mol. The number of aromatic nitrogens is 1. The Kier molecular flexibility index (Phi) is 5.55. The van der Waals surface area contributed by atoms with Crippen LogP contribution in [0.4, 0.5) is 0 Å². The van der Waals surface area contributed by atoms with E-state index in [4.69, 9.17) is 4.74 Å². The van der Waals surface area contributed by atoms with Crippen molar-refractivity contribution in [3.8, 4) is 5.75 Å². The number of carbonyl (C=O) groups excluding carboxylic acids is 1. The van der Waals surface area contributed by atoms with Crippen LogP contribution >= 0.6 is 15.9 Å². The van der Waals surface area contributed by atoms with Crippen LogP contribution < -0.4 is 10.1 Å². The third-order valence-corrected chi connectivity index (χ3v) is 4.73. The number of amides is 1. The van der Waals surface area contributed by atoms with Crippen LogP contribution in [0.2, 0.25) is 0 Å². The fourth-order valence-corrected chi connectivity index (χ4v) is 2.46. The smallest absolute Gasteiger partial charge is 0.258 e. The number of hydrogen-bond donors (Lipinski definition) is 1. The van der Waals surface area contributed by atoms with Crippen molar-refractivity contribution in [2.24, 2.45) is 0 Å². The van der Waals surface area contributed by atoms with E-state index in [1.54, 1.807) is 6.20 Å². The van der Waals surface area contributed by atoms with Gasteiger partial charge in [-0.05, 0) is 55.7 Å². The van der Waals surface area contributed by atoms with Gasteiger partial charge in [0.25, 0.3) is 5.91 Å². The lowest BCUT2D eigenvalue weighted by molar-refractivity contribution is -0.123. The molecule has 4 nitrogen and oxygen atoms in total. The Balaban J connectivity index is 1.92. The van der Waals surface area contributed by atoms with Gasteiger partial charge in [0.1, 0.15) is 5.75 Å². The summed E-state index contributed by atoms with van der Waals surface area (Å²) in [5.74, 6) is 0.578. The van der Waals surface area contributed by atoms with Crippen LogP contribution in [0.15, 0.2) is 34.9 Å². The molecule has 0 aliphatic rings. The summed E-state index contributed by atoms with van der Waals surface area (Å²) in [6.07, 6.45) is 1.70. The second-order valence-corrected chi connectivity index (χ2v) is 5.94. The molecule has 0 aliphatic heterocycles. The molecule has 22 heavy (non-hydrogen) atoms. The standard InChI is InChI=1S/C17H19BrN2O2/c1-11-8-15(12(2)13(3)17(11)18)22-10-16(21)20-9-14-6-4-5-7-19-14/h4-8H,9-10H2,1-3H3,(H,20,21). The molecule has 0 radical (unpaired) electrons. The third-order valence-electron chi connectivity index (χ3n) is 3.51. The summed E-state index contributed by atoms with van der Waals surface area (Å²) in [5, 5.41) is 2.79. The van der Waals surface area contributed by atoms with Crippen LogP contribution in [0.25, 0.3) is 0 Å². The van der Waals surface area contributed by atoms with Gasteiger partial charge >= 0.3 is 0 Å². The predicted octanol–water partition coefficient (Wildman–Crippen LogP) is 3.46. The van der Waals surface area contributed by atoms with E-state index in [9.17, 15) is 4.79 Å². The quantitative estimate of drug-likeness (QED) is 0.885. The lowest BCUT2D eigenvalue weighted by atomic mass is 10.1. The molecule has 5 heteroatoms. The van der Waals surface area contributed by atoms with Crippen molar-refractivity contribution in [3.05, 3.63) is 57.3 Å². The molecule has 0 saturated heterocycles. The molecule has 0 bridgehead atoms. The van der Waals surface area contributed by atoms with Crippen molar-refractivity contribution in [1.82, 2.24) is 10.3 Å². The minimum atomic E-state index is -0.164. The number of nitrogens with zero attached hydrogens (tertiary/aromatic N) is 1. The molecule has 1 N–H and O–H groups in total. The van der Waals surface area contributed by atoms with Crippen molar-refractivity contribution in [1.29, 1.82) is 0 Å². The van der Waals surface area contributed by atoms with E-state index in [0.717, 1.165) is 32.6 Å². The predicted molar refractivity (Wildman–Crippen MR) is 89.9 cm³/mol. The van der Waals surface area contributed by atoms with Crippen LogP contribution in [0.1, 0.15) is 22.4 Å². The Bertz CT molecular complexity index is 672. The zero-order valence-corrected chi connectivity index (χ0v) is 14.5. The highest BCUT2D eigenvalue weighted by Crippen LogP contribution is 2.31. The lowest BCUT2D eigenvalue weighted by Crippen LogP contribution is -2.28. The van der Waals surface area contributed by atoms with Crippen molar-refractivity contribution >= 4 is 21.8 Å². The van der Waals surface area contributed by atoms with Gasteiger partial charge in [0.2, 0.25) is 0 Å². The van der Waals surface area contributed by atoms with E-state index < -0.39 is 0 Å². The number of pyridine rings is 1. The summed E-state index contributed by atoms with van der Waals surface area (Å²) in [7, 11) is 0. The average Bonchev–Trinajstić information content (AvgIpc) is 2.54. The minimum absolute atomic E-state index is 0.00577. The van der Waals surface area contributed by atoms with E-state index in [1.807, 2.05) is 45.0 Å². The number of ether oxygens (including phenoxy) is 1. The number of hydrogen-bond acceptors (Lipinski definition) is 3. The minimum Gasteiger partial charge on any atom is -0.483 e. The second-order valence-electron chi connectivity index (χ2n) is 5.14. The van der Waals surface area contributed by atoms with Gasteiger partial charge in [0.05, 0.1) is 12.2 Å².